The van der Waals surface area contributed by atoms with E-state index in [0.29, 0.717) is 11.3 Å². The van der Waals surface area contributed by atoms with Crippen LogP contribution in [-0.4, -0.2) is 21.4 Å². The molecule has 1 aromatic heterocycles. The van der Waals surface area contributed by atoms with E-state index in [1.54, 1.807) is 11.8 Å². The molecule has 0 spiro atoms. The van der Waals surface area contributed by atoms with E-state index in [0.717, 1.165) is 22.1 Å². The Hall–Kier alpha value is -2.08. The second-order valence-electron chi connectivity index (χ2n) is 8.79. The van der Waals surface area contributed by atoms with Crippen molar-refractivity contribution >= 4 is 22.7 Å². The molecule has 1 aromatic carbocycles. The summed E-state index contributed by atoms with van der Waals surface area (Å²) in [6.07, 6.45) is 8.19. The molecule has 6 heteroatoms. The van der Waals surface area contributed by atoms with E-state index in [-0.39, 0.29) is 14.7 Å². The highest BCUT2D eigenvalue weighted by atomic mass is 32.2. The van der Waals surface area contributed by atoms with Crippen LogP contribution in [0, 0.1) is 5.82 Å². The van der Waals surface area contributed by atoms with Gasteiger partial charge in [-0.05, 0) is 55.2 Å². The summed E-state index contributed by atoms with van der Waals surface area (Å²) >= 11 is 1.73. The average molecular weight is 431 g/mol. The lowest BCUT2D eigenvalue weighted by Crippen LogP contribution is -2.41. The zero-order valence-electron chi connectivity index (χ0n) is 18.0. The van der Waals surface area contributed by atoms with Crippen LogP contribution in [0.2, 0.25) is 0 Å². The molecule has 4 nitrogen and oxygen atoms in total. The van der Waals surface area contributed by atoms with E-state index in [1.807, 2.05) is 18.3 Å². The van der Waals surface area contributed by atoms with E-state index in [2.05, 4.69) is 48.5 Å². The normalized spacial score (nSPS) is 24.6. The van der Waals surface area contributed by atoms with Gasteiger partial charge in [0, 0.05) is 20.3 Å². The molecule has 1 aliphatic heterocycles. The highest BCUT2D eigenvalue weighted by Gasteiger charge is 2.43. The van der Waals surface area contributed by atoms with Gasteiger partial charge in [0.1, 0.15) is 17.7 Å². The lowest BCUT2D eigenvalue weighted by molar-refractivity contribution is 0.386. The van der Waals surface area contributed by atoms with Gasteiger partial charge < -0.3 is 10.6 Å². The molecule has 0 amide bonds. The summed E-state index contributed by atoms with van der Waals surface area (Å²) in [5.41, 5.74) is 1.71. The smallest absolute Gasteiger partial charge is 0.158 e. The number of hydrogen-bond acceptors (Lipinski definition) is 5. The fourth-order valence-electron chi connectivity index (χ4n) is 4.42. The van der Waals surface area contributed by atoms with E-state index in [1.165, 1.54) is 44.2 Å². The van der Waals surface area contributed by atoms with Crippen molar-refractivity contribution in [2.75, 3.05) is 5.32 Å². The maximum Gasteiger partial charge on any atom is 0.158 e. The molecule has 4 rings (SSSR count). The van der Waals surface area contributed by atoms with Gasteiger partial charge in [0.25, 0.3) is 0 Å². The van der Waals surface area contributed by atoms with Gasteiger partial charge in [-0.15, -0.1) is 0 Å². The summed E-state index contributed by atoms with van der Waals surface area (Å²) in [6.45, 7) is 6.50. The van der Waals surface area contributed by atoms with E-state index >= 15 is 0 Å². The Bertz CT molecular complexity index is 903. The fourth-order valence-corrected chi connectivity index (χ4v) is 5.31. The van der Waals surface area contributed by atoms with Gasteiger partial charge >= 0.3 is 0 Å². The summed E-state index contributed by atoms with van der Waals surface area (Å²) in [5, 5.41) is 8.66. The van der Waals surface area contributed by atoms with Crippen LogP contribution in [0.5, 0.6) is 0 Å². The molecule has 164 valence electrons. The molecular formula is C24H35FN4S. The van der Waals surface area contributed by atoms with Gasteiger partial charge in [-0.2, -0.15) is 0 Å². The number of halogens is 1. The molecule has 1 aliphatic carbocycles. The average Bonchev–Trinajstić information content (AvgIpc) is 3.06. The van der Waals surface area contributed by atoms with Gasteiger partial charge in [0.15, 0.2) is 5.17 Å². The number of aliphatic imine (C=N–C) groups is 1. The SMILES string of the molecule is CC(C)SC1=NC(c2ccc(F)cc2)C(C)(c2ccnc(NC3CCCCC3)c2)N1.[HH].[HH]. The Morgan fingerprint density at radius 1 is 1.17 bits per heavy atom. The molecule has 1 saturated carbocycles. The summed E-state index contributed by atoms with van der Waals surface area (Å²) < 4.78 is 13.5. The van der Waals surface area contributed by atoms with Gasteiger partial charge in [-0.1, -0.05) is 57.0 Å². The largest absolute Gasteiger partial charge is 0.367 e. The third-order valence-corrected chi connectivity index (χ3v) is 6.91. The summed E-state index contributed by atoms with van der Waals surface area (Å²) in [5.74, 6) is 0.695. The van der Waals surface area contributed by atoms with Crippen LogP contribution in [0.15, 0.2) is 47.6 Å². The molecule has 0 saturated heterocycles. The number of rotatable bonds is 5. The van der Waals surface area contributed by atoms with Crippen molar-refractivity contribution in [3.05, 3.63) is 59.5 Å². The van der Waals surface area contributed by atoms with Crippen molar-refractivity contribution in [1.82, 2.24) is 10.3 Å². The third-order valence-electron chi connectivity index (χ3n) is 6.01. The number of anilines is 1. The molecule has 0 radical (unpaired) electrons. The fraction of sp³-hybridized carbons (Fsp3) is 0.500. The standard InChI is InChI=1S/C24H31FN4S.2H2/c1-16(2)30-23-28-22(17-9-11-19(25)12-10-17)24(3,29-23)18-13-14-26-21(15-18)27-20-7-5-4-6-8-20;;/h9-16,20,22H,4-8H2,1-3H3,(H,26,27)(H,28,29);2*1H. The number of nitrogens with zero attached hydrogens (tertiary/aromatic N) is 2. The molecule has 30 heavy (non-hydrogen) atoms. The zero-order valence-corrected chi connectivity index (χ0v) is 18.8. The molecule has 2 unspecified atom stereocenters. The van der Waals surface area contributed by atoms with Gasteiger partial charge in [0.05, 0.1) is 5.54 Å². The monoisotopic (exact) mass is 430 g/mol. The van der Waals surface area contributed by atoms with Crippen LogP contribution in [0.1, 0.15) is 72.9 Å². The number of benzene rings is 1. The molecule has 2 heterocycles. The van der Waals surface area contributed by atoms with E-state index in [4.69, 9.17) is 4.99 Å². The van der Waals surface area contributed by atoms with Gasteiger partial charge in [-0.3, -0.25) is 4.99 Å². The Balaban J connectivity index is 0.00000181. The molecule has 1 fully saturated rings. The maximum atomic E-state index is 13.5. The molecule has 2 atom stereocenters. The number of pyridine rings is 1. The Morgan fingerprint density at radius 3 is 2.60 bits per heavy atom. The van der Waals surface area contributed by atoms with E-state index < -0.39 is 5.54 Å². The van der Waals surface area contributed by atoms with Crippen LogP contribution in [0.4, 0.5) is 10.2 Å². The first-order valence-electron chi connectivity index (χ1n) is 11.0. The van der Waals surface area contributed by atoms with Crippen LogP contribution < -0.4 is 10.6 Å². The number of nitrogens with one attached hydrogen (secondary N) is 2. The van der Waals surface area contributed by atoms with Crippen LogP contribution in [-0.2, 0) is 5.54 Å². The van der Waals surface area contributed by atoms with Crippen molar-refractivity contribution < 1.29 is 7.24 Å². The molecule has 2 aliphatic rings. The summed E-state index contributed by atoms with van der Waals surface area (Å²) in [7, 11) is 0. The zero-order chi connectivity index (χ0) is 21.1. The van der Waals surface area contributed by atoms with Crippen LogP contribution in [0.3, 0.4) is 0 Å². The third kappa shape index (κ3) is 4.64. The minimum absolute atomic E-state index is 0. The van der Waals surface area contributed by atoms with Gasteiger partial charge in [-0.25, -0.2) is 9.37 Å². The van der Waals surface area contributed by atoms with Crippen molar-refractivity contribution in [1.29, 1.82) is 0 Å². The number of thioether (sulfide) groups is 1. The lowest BCUT2D eigenvalue weighted by Gasteiger charge is -2.32. The first kappa shape index (κ1) is 21.2. The highest BCUT2D eigenvalue weighted by molar-refractivity contribution is 8.14. The maximum absolute atomic E-state index is 13.5. The first-order valence-corrected chi connectivity index (χ1v) is 11.8. The predicted molar refractivity (Wildman–Crippen MR) is 129 cm³/mol. The second kappa shape index (κ2) is 8.96. The quantitative estimate of drug-likeness (QED) is 0.567. The number of aromatic nitrogens is 1. The van der Waals surface area contributed by atoms with Crippen molar-refractivity contribution in [2.45, 2.75) is 75.7 Å². The minimum Gasteiger partial charge on any atom is -0.367 e. The minimum atomic E-state index is -0.430. The van der Waals surface area contributed by atoms with Gasteiger partial charge in [0.2, 0.25) is 0 Å². The molecular weight excluding hydrogens is 395 g/mol. The van der Waals surface area contributed by atoms with Crippen molar-refractivity contribution in [3.8, 4) is 0 Å². The topological polar surface area (TPSA) is 49.3 Å². The second-order valence-corrected chi connectivity index (χ2v) is 10.4. The number of amidine groups is 1. The summed E-state index contributed by atoms with van der Waals surface area (Å²) in [4.78, 5) is 9.59. The Kier molecular flexibility index (Phi) is 6.32. The lowest BCUT2D eigenvalue weighted by atomic mass is 9.82. The Morgan fingerprint density at radius 2 is 1.90 bits per heavy atom. The number of hydrogen-bond donors (Lipinski definition) is 2. The molecule has 0 bridgehead atoms. The van der Waals surface area contributed by atoms with E-state index in [9.17, 15) is 4.39 Å². The Labute approximate surface area is 186 Å². The molecule has 2 aromatic rings. The van der Waals surface area contributed by atoms with Crippen LogP contribution in [0.25, 0.3) is 0 Å². The van der Waals surface area contributed by atoms with Crippen molar-refractivity contribution in [2.24, 2.45) is 4.99 Å². The highest BCUT2D eigenvalue weighted by Crippen LogP contribution is 2.43. The first-order chi connectivity index (χ1) is 14.4. The summed E-state index contributed by atoms with van der Waals surface area (Å²) in [6, 6.07) is 11.3. The van der Waals surface area contributed by atoms with Crippen molar-refractivity contribution in [3.63, 3.8) is 0 Å². The predicted octanol–water partition coefficient (Wildman–Crippen LogP) is 6.51. The molecule has 2 N–H and O–H groups in total. The van der Waals surface area contributed by atoms with Crippen LogP contribution >= 0.6 is 11.8 Å².